The van der Waals surface area contributed by atoms with Crippen LogP contribution < -0.4 is 5.32 Å². The molecule has 1 amide bonds. The number of rotatable bonds is 4. The number of H-pyrrole nitrogens is 1. The van der Waals surface area contributed by atoms with Crippen LogP contribution in [0.4, 0.5) is 0 Å². The van der Waals surface area contributed by atoms with E-state index in [1.54, 1.807) is 12.3 Å². The van der Waals surface area contributed by atoms with Crippen molar-refractivity contribution >= 4 is 40.0 Å². The zero-order chi connectivity index (χ0) is 14.0. The van der Waals surface area contributed by atoms with E-state index < -0.39 is 5.41 Å². The number of carbonyl (C=O) groups excluding carboxylic acids is 2. The molecule has 0 unspecified atom stereocenters. The molecule has 2 N–H and O–H groups in total. The Hall–Kier alpha value is -1.21. The molecule has 5 nitrogen and oxygen atoms in total. The fourth-order valence-electron chi connectivity index (χ4n) is 1.79. The summed E-state index contributed by atoms with van der Waals surface area (Å²) in [5.41, 5.74) is -0.160. The molecular weight excluding hydrogens is 332 g/mol. The van der Waals surface area contributed by atoms with Crippen molar-refractivity contribution in [2.45, 2.75) is 12.8 Å². The monoisotopic (exact) mass is 344 g/mol. The minimum atomic E-state index is -0.540. The van der Waals surface area contributed by atoms with Gasteiger partial charge in [-0.1, -0.05) is 12.2 Å². The van der Waals surface area contributed by atoms with E-state index in [0.717, 1.165) is 17.3 Å². The molecule has 0 spiro atoms. The molecule has 2 rings (SSSR count). The number of ether oxygens (including phenoxy) is 1. The van der Waals surface area contributed by atoms with E-state index in [1.807, 2.05) is 0 Å². The van der Waals surface area contributed by atoms with Crippen LogP contribution in [0.3, 0.4) is 0 Å². The van der Waals surface area contributed by atoms with Gasteiger partial charge < -0.3 is 15.0 Å². The van der Waals surface area contributed by atoms with Gasteiger partial charge in [0.2, 0.25) is 0 Å². The predicted octanol–water partition coefficient (Wildman–Crippen LogP) is 2.19. The third-order valence-corrected chi connectivity index (χ3v) is 3.97. The molecule has 1 heterocycles. The van der Waals surface area contributed by atoms with Gasteiger partial charge in [0.1, 0.15) is 4.64 Å². The minimum absolute atomic E-state index is 0.271. The molecule has 1 aliphatic carbocycles. The summed E-state index contributed by atoms with van der Waals surface area (Å²) in [4.78, 5) is 26.4. The summed E-state index contributed by atoms with van der Waals surface area (Å²) in [7, 11) is 1.36. The van der Waals surface area contributed by atoms with Crippen molar-refractivity contribution in [1.82, 2.24) is 10.3 Å². The SMILES string of the molecule is COC(=O)C1(CNC(=O)c2cc(Br)c[nH]c2=S)CC1. The highest BCUT2D eigenvalue weighted by atomic mass is 79.9. The standard InChI is InChI=1S/C12H13BrN2O3S/c1-18-11(17)12(2-3-12)6-15-9(16)8-4-7(13)5-14-10(8)19/h4-5H,2-3,6H2,1H3,(H,14,19)(H,15,16). The third-order valence-electron chi connectivity index (χ3n) is 3.17. The molecule has 0 aromatic carbocycles. The number of hydrogen-bond acceptors (Lipinski definition) is 4. The van der Waals surface area contributed by atoms with Crippen molar-refractivity contribution in [3.63, 3.8) is 0 Å². The van der Waals surface area contributed by atoms with Gasteiger partial charge in [0.15, 0.2) is 0 Å². The lowest BCUT2D eigenvalue weighted by atomic mass is 10.1. The summed E-state index contributed by atoms with van der Waals surface area (Å²) in [5.74, 6) is -0.565. The minimum Gasteiger partial charge on any atom is -0.469 e. The van der Waals surface area contributed by atoms with Gasteiger partial charge in [-0.2, -0.15) is 0 Å². The van der Waals surface area contributed by atoms with Crippen LogP contribution in [0.25, 0.3) is 0 Å². The van der Waals surface area contributed by atoms with Crippen molar-refractivity contribution in [2.75, 3.05) is 13.7 Å². The van der Waals surface area contributed by atoms with Crippen LogP contribution in [0.5, 0.6) is 0 Å². The summed E-state index contributed by atoms with van der Waals surface area (Å²) in [6, 6.07) is 1.64. The maximum absolute atomic E-state index is 12.0. The number of aromatic amines is 1. The Morgan fingerprint density at radius 1 is 1.58 bits per heavy atom. The number of aromatic nitrogens is 1. The molecule has 0 saturated heterocycles. The van der Waals surface area contributed by atoms with E-state index in [2.05, 4.69) is 26.2 Å². The lowest BCUT2D eigenvalue weighted by Crippen LogP contribution is -2.35. The number of halogens is 1. The summed E-state index contributed by atoms with van der Waals surface area (Å²) in [5, 5.41) is 2.74. The molecule has 0 radical (unpaired) electrons. The lowest BCUT2D eigenvalue weighted by Gasteiger charge is -2.13. The van der Waals surface area contributed by atoms with Crippen molar-refractivity contribution < 1.29 is 14.3 Å². The molecule has 1 aromatic rings. The number of nitrogens with one attached hydrogen (secondary N) is 2. The van der Waals surface area contributed by atoms with Crippen molar-refractivity contribution in [3.05, 3.63) is 26.9 Å². The normalized spacial score (nSPS) is 15.7. The highest BCUT2D eigenvalue weighted by Gasteiger charge is 2.51. The topological polar surface area (TPSA) is 71.2 Å². The van der Waals surface area contributed by atoms with E-state index in [4.69, 9.17) is 17.0 Å². The largest absolute Gasteiger partial charge is 0.469 e. The molecule has 1 aromatic heterocycles. The highest BCUT2D eigenvalue weighted by molar-refractivity contribution is 9.10. The van der Waals surface area contributed by atoms with Crippen LogP contribution in [0, 0.1) is 10.1 Å². The van der Waals surface area contributed by atoms with Crippen LogP contribution >= 0.6 is 28.1 Å². The smallest absolute Gasteiger partial charge is 0.313 e. The van der Waals surface area contributed by atoms with E-state index in [0.29, 0.717) is 10.2 Å². The van der Waals surface area contributed by atoms with Gasteiger partial charge in [0.25, 0.3) is 5.91 Å². The number of pyridine rings is 1. The second-order valence-electron chi connectivity index (χ2n) is 4.52. The molecule has 0 bridgehead atoms. The maximum Gasteiger partial charge on any atom is 0.313 e. The van der Waals surface area contributed by atoms with Gasteiger partial charge >= 0.3 is 5.97 Å². The molecule has 1 aliphatic rings. The van der Waals surface area contributed by atoms with E-state index in [-0.39, 0.29) is 18.4 Å². The van der Waals surface area contributed by atoms with E-state index in [1.165, 1.54) is 7.11 Å². The Balaban J connectivity index is 2.04. The first-order valence-electron chi connectivity index (χ1n) is 5.73. The van der Waals surface area contributed by atoms with Crippen molar-refractivity contribution in [3.8, 4) is 0 Å². The Morgan fingerprint density at radius 2 is 2.26 bits per heavy atom. The maximum atomic E-state index is 12.0. The second kappa shape index (κ2) is 5.42. The molecular formula is C12H13BrN2O3S. The van der Waals surface area contributed by atoms with Gasteiger partial charge in [-0.3, -0.25) is 9.59 Å². The molecule has 7 heteroatoms. The fourth-order valence-corrected chi connectivity index (χ4v) is 2.35. The van der Waals surface area contributed by atoms with Gasteiger partial charge in [0, 0.05) is 17.2 Å². The van der Waals surface area contributed by atoms with Crippen LogP contribution in [0.1, 0.15) is 23.2 Å². The van der Waals surface area contributed by atoms with Gasteiger partial charge in [0.05, 0.1) is 18.1 Å². The predicted molar refractivity (Wildman–Crippen MR) is 75.3 cm³/mol. The van der Waals surface area contributed by atoms with Crippen LogP contribution in [-0.4, -0.2) is 30.5 Å². The lowest BCUT2D eigenvalue weighted by molar-refractivity contribution is -0.146. The summed E-state index contributed by atoms with van der Waals surface area (Å²) >= 11 is 8.33. The number of esters is 1. The third kappa shape index (κ3) is 3.03. The highest BCUT2D eigenvalue weighted by Crippen LogP contribution is 2.46. The second-order valence-corrected chi connectivity index (χ2v) is 5.84. The average molecular weight is 345 g/mol. The van der Waals surface area contributed by atoms with Gasteiger partial charge in [-0.25, -0.2) is 0 Å². The first kappa shape index (κ1) is 14.2. The molecule has 102 valence electrons. The average Bonchev–Trinajstić information content (AvgIpc) is 3.19. The molecule has 19 heavy (non-hydrogen) atoms. The zero-order valence-electron chi connectivity index (χ0n) is 10.3. The Bertz CT molecular complexity index is 581. The zero-order valence-corrected chi connectivity index (χ0v) is 12.7. The van der Waals surface area contributed by atoms with Crippen LogP contribution in [0.15, 0.2) is 16.7 Å². The van der Waals surface area contributed by atoms with Crippen molar-refractivity contribution in [2.24, 2.45) is 5.41 Å². The Labute approximate surface area is 123 Å². The van der Waals surface area contributed by atoms with Gasteiger partial charge in [-0.15, -0.1) is 0 Å². The number of amides is 1. The number of carbonyl (C=O) groups is 2. The number of methoxy groups -OCH3 is 1. The number of hydrogen-bond donors (Lipinski definition) is 2. The van der Waals surface area contributed by atoms with Gasteiger partial charge in [-0.05, 0) is 34.8 Å². The molecule has 1 fully saturated rings. The van der Waals surface area contributed by atoms with E-state index >= 15 is 0 Å². The summed E-state index contributed by atoms with van der Waals surface area (Å²) < 4.78 is 5.83. The first-order chi connectivity index (χ1) is 8.98. The van der Waals surface area contributed by atoms with Crippen LogP contribution in [0.2, 0.25) is 0 Å². The first-order valence-corrected chi connectivity index (χ1v) is 6.93. The Morgan fingerprint density at radius 3 is 2.84 bits per heavy atom. The Kier molecular flexibility index (Phi) is 4.05. The molecule has 1 saturated carbocycles. The summed E-state index contributed by atoms with van der Waals surface area (Å²) in [6.45, 7) is 0.278. The van der Waals surface area contributed by atoms with Crippen molar-refractivity contribution in [1.29, 1.82) is 0 Å². The summed E-state index contributed by atoms with van der Waals surface area (Å²) in [6.07, 6.45) is 3.15. The quantitative estimate of drug-likeness (QED) is 0.648. The van der Waals surface area contributed by atoms with E-state index in [9.17, 15) is 9.59 Å². The molecule has 0 aliphatic heterocycles. The molecule has 0 atom stereocenters. The van der Waals surface area contributed by atoms with Crippen LogP contribution in [-0.2, 0) is 9.53 Å². The fraction of sp³-hybridized carbons (Fsp3) is 0.417.